The second-order valence-corrected chi connectivity index (χ2v) is 5.24. The molecule has 0 saturated carbocycles. The summed E-state index contributed by atoms with van der Waals surface area (Å²) in [5, 5.41) is 0.694. The fraction of sp³-hybridized carbons (Fsp3) is 0.143. The third-order valence-corrected chi connectivity index (χ3v) is 3.77. The van der Waals surface area contributed by atoms with Gasteiger partial charge in [-0.25, -0.2) is 0 Å². The van der Waals surface area contributed by atoms with Crippen LogP contribution in [-0.4, -0.2) is 12.4 Å². The zero-order valence-electron chi connectivity index (χ0n) is 9.80. The molecule has 2 N–H and O–H groups in total. The van der Waals surface area contributed by atoms with Crippen molar-refractivity contribution < 1.29 is 4.74 Å². The van der Waals surface area contributed by atoms with Gasteiger partial charge in [0.25, 0.3) is 0 Å². The van der Waals surface area contributed by atoms with E-state index in [-0.39, 0.29) is 0 Å². The molecule has 0 radical (unpaired) electrons. The number of benzene rings is 2. The molecule has 0 fully saturated rings. The summed E-state index contributed by atoms with van der Waals surface area (Å²) in [5.41, 5.74) is 6.33. The third-order valence-electron chi connectivity index (χ3n) is 2.31. The number of rotatable bonds is 5. The SMILES string of the molecule is Nc1ccc(SCCOc2ccccc2)c(Cl)c1. The fourth-order valence-electron chi connectivity index (χ4n) is 1.46. The normalized spacial score (nSPS) is 10.3. The highest BCUT2D eigenvalue weighted by atomic mass is 35.5. The van der Waals surface area contributed by atoms with Crippen molar-refractivity contribution >= 4 is 29.1 Å². The van der Waals surface area contributed by atoms with E-state index in [0.29, 0.717) is 17.3 Å². The first-order valence-corrected chi connectivity index (χ1v) is 6.98. The van der Waals surface area contributed by atoms with Crippen LogP contribution in [0.1, 0.15) is 0 Å². The number of hydrogen-bond acceptors (Lipinski definition) is 3. The van der Waals surface area contributed by atoms with Crippen LogP contribution in [0.5, 0.6) is 5.75 Å². The molecule has 4 heteroatoms. The minimum atomic E-state index is 0.648. The Morgan fingerprint density at radius 2 is 1.89 bits per heavy atom. The smallest absolute Gasteiger partial charge is 0.119 e. The molecule has 0 aliphatic rings. The average molecular weight is 280 g/mol. The van der Waals surface area contributed by atoms with Crippen LogP contribution in [0.15, 0.2) is 53.4 Å². The Balaban J connectivity index is 1.79. The lowest BCUT2D eigenvalue weighted by Gasteiger charge is -2.07. The van der Waals surface area contributed by atoms with Gasteiger partial charge in [-0.15, -0.1) is 11.8 Å². The van der Waals surface area contributed by atoms with E-state index in [1.807, 2.05) is 42.5 Å². The Morgan fingerprint density at radius 3 is 2.61 bits per heavy atom. The molecule has 2 aromatic rings. The average Bonchev–Trinajstić information content (AvgIpc) is 2.38. The molecule has 0 unspecified atom stereocenters. The predicted molar refractivity (Wildman–Crippen MR) is 78.5 cm³/mol. The van der Waals surface area contributed by atoms with Crippen molar-refractivity contribution in [1.82, 2.24) is 0 Å². The zero-order valence-corrected chi connectivity index (χ0v) is 11.4. The van der Waals surface area contributed by atoms with Crippen molar-refractivity contribution in [3.05, 3.63) is 53.6 Å². The Bertz CT molecular complexity index is 504. The molecular formula is C14H14ClNOS. The van der Waals surface area contributed by atoms with Crippen molar-refractivity contribution in [2.75, 3.05) is 18.1 Å². The van der Waals surface area contributed by atoms with Crippen LogP contribution in [0.4, 0.5) is 5.69 Å². The molecule has 0 spiro atoms. The highest BCUT2D eigenvalue weighted by molar-refractivity contribution is 7.99. The van der Waals surface area contributed by atoms with Gasteiger partial charge in [0.15, 0.2) is 0 Å². The lowest BCUT2D eigenvalue weighted by molar-refractivity contribution is 0.344. The summed E-state index contributed by atoms with van der Waals surface area (Å²) in [6.07, 6.45) is 0. The van der Waals surface area contributed by atoms with Gasteiger partial charge in [-0.2, -0.15) is 0 Å². The van der Waals surface area contributed by atoms with Gasteiger partial charge in [-0.3, -0.25) is 0 Å². The number of anilines is 1. The zero-order chi connectivity index (χ0) is 12.8. The second kappa shape index (κ2) is 6.57. The molecule has 0 aromatic heterocycles. The Labute approximate surface area is 116 Å². The van der Waals surface area contributed by atoms with Gasteiger partial charge in [-0.1, -0.05) is 29.8 Å². The molecule has 2 aromatic carbocycles. The highest BCUT2D eigenvalue weighted by Crippen LogP contribution is 2.28. The van der Waals surface area contributed by atoms with Gasteiger partial charge in [0.1, 0.15) is 5.75 Å². The molecule has 0 aliphatic heterocycles. The van der Waals surface area contributed by atoms with Crippen LogP contribution in [0.25, 0.3) is 0 Å². The van der Waals surface area contributed by atoms with Gasteiger partial charge in [0.2, 0.25) is 0 Å². The topological polar surface area (TPSA) is 35.2 Å². The van der Waals surface area contributed by atoms with E-state index < -0.39 is 0 Å². The number of nitrogens with two attached hydrogens (primary N) is 1. The largest absolute Gasteiger partial charge is 0.493 e. The molecule has 0 amide bonds. The quantitative estimate of drug-likeness (QED) is 0.509. The molecule has 0 bridgehead atoms. The summed E-state index contributed by atoms with van der Waals surface area (Å²) in [6.45, 7) is 0.648. The minimum absolute atomic E-state index is 0.648. The Kier molecular flexibility index (Phi) is 4.79. The molecule has 18 heavy (non-hydrogen) atoms. The van der Waals surface area contributed by atoms with Crippen molar-refractivity contribution in [3.8, 4) is 5.75 Å². The maximum absolute atomic E-state index is 6.08. The van der Waals surface area contributed by atoms with Crippen LogP contribution in [0.2, 0.25) is 5.02 Å². The lowest BCUT2D eigenvalue weighted by atomic mass is 10.3. The number of hydrogen-bond donors (Lipinski definition) is 1. The van der Waals surface area contributed by atoms with Crippen LogP contribution >= 0.6 is 23.4 Å². The molecule has 94 valence electrons. The van der Waals surface area contributed by atoms with Crippen molar-refractivity contribution in [2.24, 2.45) is 0 Å². The number of para-hydroxylation sites is 1. The van der Waals surface area contributed by atoms with Crippen molar-refractivity contribution in [2.45, 2.75) is 4.90 Å². The molecule has 0 atom stereocenters. The van der Waals surface area contributed by atoms with E-state index in [1.165, 1.54) is 0 Å². The minimum Gasteiger partial charge on any atom is -0.493 e. The molecule has 0 heterocycles. The first-order valence-electron chi connectivity index (χ1n) is 5.61. The van der Waals surface area contributed by atoms with Gasteiger partial charge in [0, 0.05) is 16.3 Å². The van der Waals surface area contributed by atoms with Gasteiger partial charge >= 0.3 is 0 Å². The molecule has 2 rings (SSSR count). The number of nitrogen functional groups attached to an aromatic ring is 1. The van der Waals surface area contributed by atoms with E-state index in [2.05, 4.69) is 0 Å². The van der Waals surface area contributed by atoms with E-state index in [1.54, 1.807) is 17.8 Å². The van der Waals surface area contributed by atoms with Crippen LogP contribution < -0.4 is 10.5 Å². The van der Waals surface area contributed by atoms with Gasteiger partial charge in [0.05, 0.1) is 11.6 Å². The summed E-state index contributed by atoms with van der Waals surface area (Å²) in [7, 11) is 0. The van der Waals surface area contributed by atoms with E-state index in [0.717, 1.165) is 16.4 Å². The van der Waals surface area contributed by atoms with Crippen molar-refractivity contribution in [1.29, 1.82) is 0 Å². The third kappa shape index (κ3) is 3.86. The fourth-order valence-corrected chi connectivity index (χ4v) is 2.56. The second-order valence-electron chi connectivity index (χ2n) is 3.70. The molecule has 2 nitrogen and oxygen atoms in total. The lowest BCUT2D eigenvalue weighted by Crippen LogP contribution is -1.99. The molecule has 0 aliphatic carbocycles. The highest BCUT2D eigenvalue weighted by Gasteiger charge is 2.01. The summed E-state index contributed by atoms with van der Waals surface area (Å²) in [5.74, 6) is 1.74. The molecular weight excluding hydrogens is 266 g/mol. The summed E-state index contributed by atoms with van der Waals surface area (Å²) < 4.78 is 5.60. The Hall–Kier alpha value is -1.32. The predicted octanol–water partition coefficient (Wildman–Crippen LogP) is 4.09. The first kappa shape index (κ1) is 13.1. The number of ether oxygens (including phenoxy) is 1. The standard InChI is InChI=1S/C14H14ClNOS/c15-13-10-11(16)6-7-14(13)18-9-8-17-12-4-2-1-3-5-12/h1-7,10H,8-9,16H2. The molecule has 0 saturated heterocycles. The maximum atomic E-state index is 6.08. The van der Waals surface area contributed by atoms with E-state index >= 15 is 0 Å². The van der Waals surface area contributed by atoms with Gasteiger partial charge in [-0.05, 0) is 30.3 Å². The summed E-state index contributed by atoms with van der Waals surface area (Å²) >= 11 is 7.75. The number of thioether (sulfide) groups is 1. The first-order chi connectivity index (χ1) is 8.75. The Morgan fingerprint density at radius 1 is 1.11 bits per heavy atom. The summed E-state index contributed by atoms with van der Waals surface area (Å²) in [6, 6.07) is 15.3. The van der Waals surface area contributed by atoms with Crippen LogP contribution in [0.3, 0.4) is 0 Å². The van der Waals surface area contributed by atoms with Crippen LogP contribution in [0, 0.1) is 0 Å². The van der Waals surface area contributed by atoms with Gasteiger partial charge < -0.3 is 10.5 Å². The van der Waals surface area contributed by atoms with E-state index in [4.69, 9.17) is 22.1 Å². The number of halogens is 1. The monoisotopic (exact) mass is 279 g/mol. The van der Waals surface area contributed by atoms with E-state index in [9.17, 15) is 0 Å². The van der Waals surface area contributed by atoms with Crippen molar-refractivity contribution in [3.63, 3.8) is 0 Å². The van der Waals surface area contributed by atoms with Crippen LogP contribution in [-0.2, 0) is 0 Å². The summed E-state index contributed by atoms with van der Waals surface area (Å²) in [4.78, 5) is 1.03. The maximum Gasteiger partial charge on any atom is 0.119 e.